The number of ether oxygens (including phenoxy) is 1. The highest BCUT2D eigenvalue weighted by atomic mass is 79.9. The number of carbonyl (C=O) groups is 2. The first kappa shape index (κ1) is 16.1. The van der Waals surface area contributed by atoms with Crippen LogP contribution in [0.4, 0.5) is 10.1 Å². The lowest BCUT2D eigenvalue weighted by atomic mass is 10.2. The number of esters is 1. The van der Waals surface area contributed by atoms with Gasteiger partial charge in [-0.2, -0.15) is 0 Å². The highest BCUT2D eigenvalue weighted by Gasteiger charge is 2.18. The summed E-state index contributed by atoms with van der Waals surface area (Å²) in [6, 6.07) is 7.63. The summed E-state index contributed by atoms with van der Waals surface area (Å²) in [6.45, 7) is 0. The molecule has 2 heterocycles. The van der Waals surface area contributed by atoms with E-state index in [4.69, 9.17) is 0 Å². The summed E-state index contributed by atoms with van der Waals surface area (Å²) >= 11 is 3.32. The van der Waals surface area contributed by atoms with Gasteiger partial charge in [0.05, 0.1) is 18.4 Å². The molecule has 8 heteroatoms. The van der Waals surface area contributed by atoms with Gasteiger partial charge >= 0.3 is 5.97 Å². The Morgan fingerprint density at radius 2 is 2.12 bits per heavy atom. The van der Waals surface area contributed by atoms with Crippen molar-refractivity contribution in [1.29, 1.82) is 0 Å². The Morgan fingerprint density at radius 3 is 2.88 bits per heavy atom. The molecule has 0 unspecified atom stereocenters. The van der Waals surface area contributed by atoms with Crippen molar-refractivity contribution in [2.24, 2.45) is 0 Å². The number of carbonyl (C=O) groups excluding carboxylic acids is 2. The first-order valence-electron chi connectivity index (χ1n) is 6.82. The number of amides is 1. The van der Waals surface area contributed by atoms with E-state index in [-0.39, 0.29) is 16.9 Å². The molecule has 0 fully saturated rings. The molecule has 0 bridgehead atoms. The van der Waals surface area contributed by atoms with Crippen molar-refractivity contribution in [3.63, 3.8) is 0 Å². The Hall–Kier alpha value is -2.74. The lowest BCUT2D eigenvalue weighted by Crippen LogP contribution is -2.15. The van der Waals surface area contributed by atoms with Crippen LogP contribution in [0.2, 0.25) is 0 Å². The largest absolute Gasteiger partial charge is 0.465 e. The zero-order valence-corrected chi connectivity index (χ0v) is 14.0. The second-order valence-corrected chi connectivity index (χ2v) is 5.77. The van der Waals surface area contributed by atoms with Gasteiger partial charge in [0.1, 0.15) is 11.3 Å². The van der Waals surface area contributed by atoms with E-state index < -0.39 is 17.7 Å². The standard InChI is InChI=1S/C16H11BrFN3O3/c1-24-16(23)10-3-2-4-11(14(10)18)20-15(22)12-8-21-6-5-9(17)7-13(21)19-12/h2-8H,1H3,(H,20,22). The first-order valence-corrected chi connectivity index (χ1v) is 7.61. The average molecular weight is 392 g/mol. The molecule has 1 aromatic carbocycles. The van der Waals surface area contributed by atoms with Gasteiger partial charge in [-0.3, -0.25) is 4.79 Å². The third kappa shape index (κ3) is 3.00. The topological polar surface area (TPSA) is 72.7 Å². The van der Waals surface area contributed by atoms with E-state index in [1.807, 2.05) is 0 Å². The third-order valence-electron chi connectivity index (χ3n) is 3.31. The molecule has 1 N–H and O–H groups in total. The highest BCUT2D eigenvalue weighted by molar-refractivity contribution is 9.10. The molecule has 3 aromatic rings. The zero-order chi connectivity index (χ0) is 17.3. The minimum atomic E-state index is -0.857. The fourth-order valence-electron chi connectivity index (χ4n) is 2.15. The van der Waals surface area contributed by atoms with Gasteiger partial charge in [0, 0.05) is 16.9 Å². The van der Waals surface area contributed by atoms with Gasteiger partial charge in [0.2, 0.25) is 0 Å². The third-order valence-corrected chi connectivity index (χ3v) is 3.80. The smallest absolute Gasteiger partial charge is 0.340 e. The van der Waals surface area contributed by atoms with E-state index in [0.29, 0.717) is 5.65 Å². The van der Waals surface area contributed by atoms with Gasteiger partial charge in [-0.25, -0.2) is 14.2 Å². The van der Waals surface area contributed by atoms with Crippen LogP contribution >= 0.6 is 15.9 Å². The van der Waals surface area contributed by atoms with Crippen molar-refractivity contribution >= 4 is 39.1 Å². The summed E-state index contributed by atoms with van der Waals surface area (Å²) in [4.78, 5) is 28.0. The van der Waals surface area contributed by atoms with Crippen molar-refractivity contribution in [2.45, 2.75) is 0 Å². The quantitative estimate of drug-likeness (QED) is 0.695. The number of rotatable bonds is 3. The van der Waals surface area contributed by atoms with E-state index in [2.05, 4.69) is 31.0 Å². The number of nitrogens with one attached hydrogen (secondary N) is 1. The van der Waals surface area contributed by atoms with Gasteiger partial charge in [-0.1, -0.05) is 22.0 Å². The van der Waals surface area contributed by atoms with Crippen molar-refractivity contribution in [3.8, 4) is 0 Å². The van der Waals surface area contributed by atoms with Crippen LogP contribution in [0.5, 0.6) is 0 Å². The van der Waals surface area contributed by atoms with E-state index >= 15 is 0 Å². The minimum absolute atomic E-state index is 0.121. The van der Waals surface area contributed by atoms with Crippen LogP contribution in [0.15, 0.2) is 47.2 Å². The van der Waals surface area contributed by atoms with Gasteiger partial charge in [0.25, 0.3) is 5.91 Å². The Kier molecular flexibility index (Phi) is 4.30. The Labute approximate surface area is 144 Å². The fourth-order valence-corrected chi connectivity index (χ4v) is 2.47. The molecule has 0 spiro atoms. The normalized spacial score (nSPS) is 10.6. The molecular formula is C16H11BrFN3O3. The molecule has 0 aliphatic heterocycles. The molecular weight excluding hydrogens is 381 g/mol. The van der Waals surface area contributed by atoms with Crippen molar-refractivity contribution in [2.75, 3.05) is 12.4 Å². The number of hydrogen-bond acceptors (Lipinski definition) is 4. The lowest BCUT2D eigenvalue weighted by Gasteiger charge is -2.07. The summed E-state index contributed by atoms with van der Waals surface area (Å²) in [5.41, 5.74) is 0.310. The van der Waals surface area contributed by atoms with Crippen LogP contribution in [-0.4, -0.2) is 28.4 Å². The van der Waals surface area contributed by atoms with Crippen LogP contribution < -0.4 is 5.32 Å². The summed E-state index contributed by atoms with van der Waals surface area (Å²) in [5, 5.41) is 2.41. The van der Waals surface area contributed by atoms with Gasteiger partial charge in [-0.15, -0.1) is 0 Å². The molecule has 24 heavy (non-hydrogen) atoms. The van der Waals surface area contributed by atoms with Crippen molar-refractivity contribution < 1.29 is 18.7 Å². The molecule has 0 saturated heterocycles. The Bertz CT molecular complexity index is 955. The molecule has 0 aliphatic rings. The fraction of sp³-hybridized carbons (Fsp3) is 0.0625. The van der Waals surface area contributed by atoms with Crippen LogP contribution in [0.3, 0.4) is 0 Å². The average Bonchev–Trinajstić information content (AvgIpc) is 2.99. The maximum absolute atomic E-state index is 14.3. The maximum Gasteiger partial charge on any atom is 0.340 e. The number of hydrogen-bond donors (Lipinski definition) is 1. The summed E-state index contributed by atoms with van der Waals surface area (Å²) in [6.07, 6.45) is 3.26. The Balaban J connectivity index is 1.90. The molecule has 0 aliphatic carbocycles. The second-order valence-electron chi connectivity index (χ2n) is 4.85. The monoisotopic (exact) mass is 391 g/mol. The minimum Gasteiger partial charge on any atom is -0.465 e. The van der Waals surface area contributed by atoms with Crippen LogP contribution in [0, 0.1) is 5.82 Å². The highest BCUT2D eigenvalue weighted by Crippen LogP contribution is 2.20. The number of nitrogens with zero attached hydrogens (tertiary/aromatic N) is 2. The molecule has 3 rings (SSSR count). The van der Waals surface area contributed by atoms with Crippen LogP contribution in [-0.2, 0) is 4.74 Å². The number of benzene rings is 1. The van der Waals surface area contributed by atoms with Crippen LogP contribution in [0.25, 0.3) is 5.65 Å². The number of aromatic nitrogens is 2. The predicted molar refractivity (Wildman–Crippen MR) is 88.6 cm³/mol. The van der Waals surface area contributed by atoms with Gasteiger partial charge in [0.15, 0.2) is 5.82 Å². The number of imidazole rings is 1. The zero-order valence-electron chi connectivity index (χ0n) is 12.4. The van der Waals surface area contributed by atoms with Crippen molar-refractivity contribution in [3.05, 3.63) is 64.3 Å². The summed E-state index contributed by atoms with van der Waals surface area (Å²) in [5.74, 6) is -2.26. The predicted octanol–water partition coefficient (Wildman–Crippen LogP) is 3.27. The molecule has 0 radical (unpaired) electrons. The lowest BCUT2D eigenvalue weighted by molar-refractivity contribution is 0.0595. The second kappa shape index (κ2) is 6.40. The molecule has 122 valence electrons. The van der Waals surface area contributed by atoms with Gasteiger partial charge < -0.3 is 14.5 Å². The van der Waals surface area contributed by atoms with E-state index in [0.717, 1.165) is 11.6 Å². The molecule has 6 nitrogen and oxygen atoms in total. The SMILES string of the molecule is COC(=O)c1cccc(NC(=O)c2cn3ccc(Br)cc3n2)c1F. The number of anilines is 1. The number of fused-ring (bicyclic) bond motifs is 1. The van der Waals surface area contributed by atoms with Gasteiger partial charge in [-0.05, 0) is 24.3 Å². The first-order chi connectivity index (χ1) is 11.5. The number of pyridine rings is 1. The maximum atomic E-state index is 14.3. The summed E-state index contributed by atoms with van der Waals surface area (Å²) < 4.78 is 21.3. The Morgan fingerprint density at radius 1 is 1.33 bits per heavy atom. The van der Waals surface area contributed by atoms with E-state index in [9.17, 15) is 14.0 Å². The number of methoxy groups -OCH3 is 1. The van der Waals surface area contributed by atoms with E-state index in [1.54, 1.807) is 22.7 Å². The molecule has 0 saturated carbocycles. The number of halogens is 2. The van der Waals surface area contributed by atoms with Crippen molar-refractivity contribution in [1.82, 2.24) is 9.38 Å². The van der Waals surface area contributed by atoms with Crippen LogP contribution in [0.1, 0.15) is 20.8 Å². The summed E-state index contributed by atoms with van der Waals surface area (Å²) in [7, 11) is 1.15. The molecule has 0 atom stereocenters. The molecule has 2 aromatic heterocycles. The molecule has 1 amide bonds. The van der Waals surface area contributed by atoms with E-state index in [1.165, 1.54) is 24.4 Å².